The van der Waals surface area contributed by atoms with Crippen molar-refractivity contribution < 1.29 is 14.6 Å². The van der Waals surface area contributed by atoms with E-state index in [0.29, 0.717) is 16.7 Å². The maximum atomic E-state index is 12.4. The number of hydrogen-bond donors (Lipinski definition) is 2. The molecule has 0 aliphatic rings. The summed E-state index contributed by atoms with van der Waals surface area (Å²) >= 11 is 1.30. The van der Waals surface area contributed by atoms with Gasteiger partial charge in [-0.25, -0.2) is 0 Å². The number of carbonyl (C=O) groups is 1. The van der Waals surface area contributed by atoms with Crippen molar-refractivity contribution in [1.29, 1.82) is 0 Å². The number of amides is 1. The van der Waals surface area contributed by atoms with Gasteiger partial charge in [-0.05, 0) is 67.6 Å². The van der Waals surface area contributed by atoms with Crippen molar-refractivity contribution in [2.24, 2.45) is 0 Å². The summed E-state index contributed by atoms with van der Waals surface area (Å²) in [4.78, 5) is 12.4. The highest BCUT2D eigenvalue weighted by atomic mass is 32.2. The summed E-state index contributed by atoms with van der Waals surface area (Å²) in [7, 11) is 1.63. The second-order valence-electron chi connectivity index (χ2n) is 7.09. The molecule has 8 heteroatoms. The van der Waals surface area contributed by atoms with Crippen LogP contribution >= 0.6 is 11.8 Å². The Bertz CT molecular complexity index is 1200. The number of aromatic hydroxyl groups is 1. The number of aromatic nitrogens is 3. The third kappa shape index (κ3) is 4.92. The minimum Gasteiger partial charge on any atom is -0.508 e. The molecule has 4 aromatic rings. The van der Waals surface area contributed by atoms with Crippen LogP contribution in [0.1, 0.15) is 5.56 Å². The molecule has 0 fully saturated rings. The average Bonchev–Trinajstić information content (AvgIpc) is 3.24. The SMILES string of the molecule is COc1ccc(-c2nnc(SCC(=O)Nc3ccc(O)cc3)n2-c2ccc(C)cc2)cc1. The number of aryl methyl sites for hydroxylation is 1. The maximum Gasteiger partial charge on any atom is 0.234 e. The Morgan fingerprint density at radius 2 is 1.69 bits per heavy atom. The molecule has 0 radical (unpaired) electrons. The number of phenolic OH excluding ortho intramolecular Hbond substituents is 1. The van der Waals surface area contributed by atoms with Crippen LogP contribution in [0.3, 0.4) is 0 Å². The van der Waals surface area contributed by atoms with Gasteiger partial charge in [-0.1, -0.05) is 29.5 Å². The fourth-order valence-corrected chi connectivity index (χ4v) is 3.84. The van der Waals surface area contributed by atoms with Crippen LogP contribution in [0.2, 0.25) is 0 Å². The number of nitrogens with zero attached hydrogens (tertiary/aromatic N) is 3. The van der Waals surface area contributed by atoms with Gasteiger partial charge in [0, 0.05) is 16.9 Å². The van der Waals surface area contributed by atoms with E-state index in [9.17, 15) is 9.90 Å². The monoisotopic (exact) mass is 446 g/mol. The topological polar surface area (TPSA) is 89.3 Å². The highest BCUT2D eigenvalue weighted by molar-refractivity contribution is 7.99. The van der Waals surface area contributed by atoms with E-state index >= 15 is 0 Å². The molecule has 0 saturated heterocycles. The standard InChI is InChI=1S/C24H22N4O3S/c1-16-3-9-19(10-4-16)28-23(17-5-13-21(31-2)14-6-17)26-27-24(28)32-15-22(30)25-18-7-11-20(29)12-8-18/h3-14,29H,15H2,1-2H3,(H,25,30). The van der Waals surface area contributed by atoms with Gasteiger partial charge in [0.2, 0.25) is 5.91 Å². The Morgan fingerprint density at radius 3 is 2.34 bits per heavy atom. The molecule has 32 heavy (non-hydrogen) atoms. The summed E-state index contributed by atoms with van der Waals surface area (Å²) in [5.74, 6) is 1.57. The summed E-state index contributed by atoms with van der Waals surface area (Å²) in [6.07, 6.45) is 0. The van der Waals surface area contributed by atoms with Gasteiger partial charge in [0.15, 0.2) is 11.0 Å². The molecule has 1 heterocycles. The molecule has 0 atom stereocenters. The smallest absolute Gasteiger partial charge is 0.234 e. The van der Waals surface area contributed by atoms with Gasteiger partial charge in [0.25, 0.3) is 0 Å². The van der Waals surface area contributed by atoms with Gasteiger partial charge in [-0.2, -0.15) is 0 Å². The molecule has 0 unspecified atom stereocenters. The summed E-state index contributed by atoms with van der Waals surface area (Å²) in [6.45, 7) is 2.03. The van der Waals surface area contributed by atoms with E-state index < -0.39 is 0 Å². The molecule has 4 rings (SSSR count). The van der Waals surface area contributed by atoms with Crippen LogP contribution in [0.4, 0.5) is 5.69 Å². The Labute approximate surface area is 190 Å². The van der Waals surface area contributed by atoms with Crippen LogP contribution in [0.25, 0.3) is 17.1 Å². The third-order valence-electron chi connectivity index (χ3n) is 4.76. The van der Waals surface area contributed by atoms with Crippen LogP contribution in [-0.4, -0.2) is 38.6 Å². The van der Waals surface area contributed by atoms with Crippen LogP contribution < -0.4 is 10.1 Å². The van der Waals surface area contributed by atoms with Gasteiger partial charge in [-0.15, -0.1) is 10.2 Å². The Morgan fingerprint density at radius 1 is 1.00 bits per heavy atom. The van der Waals surface area contributed by atoms with Gasteiger partial charge in [-0.3, -0.25) is 9.36 Å². The number of hydrogen-bond acceptors (Lipinski definition) is 6. The van der Waals surface area contributed by atoms with Crippen molar-refractivity contribution in [3.8, 4) is 28.6 Å². The number of ether oxygens (including phenoxy) is 1. The van der Waals surface area contributed by atoms with Gasteiger partial charge in [0.05, 0.1) is 12.9 Å². The zero-order valence-electron chi connectivity index (χ0n) is 17.6. The van der Waals surface area contributed by atoms with Crippen molar-refractivity contribution in [2.75, 3.05) is 18.2 Å². The molecule has 2 N–H and O–H groups in total. The van der Waals surface area contributed by atoms with Crippen LogP contribution in [0.15, 0.2) is 78.0 Å². The van der Waals surface area contributed by atoms with Crippen molar-refractivity contribution in [3.05, 3.63) is 78.4 Å². The number of methoxy groups -OCH3 is 1. The highest BCUT2D eigenvalue weighted by Crippen LogP contribution is 2.29. The van der Waals surface area contributed by atoms with Crippen molar-refractivity contribution in [1.82, 2.24) is 14.8 Å². The van der Waals surface area contributed by atoms with Gasteiger partial charge in [0.1, 0.15) is 11.5 Å². The summed E-state index contributed by atoms with van der Waals surface area (Å²) in [5.41, 5.74) is 3.56. The zero-order chi connectivity index (χ0) is 22.5. The quantitative estimate of drug-likeness (QED) is 0.316. The second-order valence-corrected chi connectivity index (χ2v) is 8.03. The van der Waals surface area contributed by atoms with Crippen molar-refractivity contribution in [2.45, 2.75) is 12.1 Å². The predicted molar refractivity (Wildman–Crippen MR) is 126 cm³/mol. The minimum absolute atomic E-state index is 0.148. The molecular weight excluding hydrogens is 424 g/mol. The Balaban J connectivity index is 1.59. The van der Waals surface area contributed by atoms with E-state index in [1.165, 1.54) is 23.9 Å². The summed E-state index contributed by atoms with van der Waals surface area (Å²) in [5, 5.41) is 21.6. The zero-order valence-corrected chi connectivity index (χ0v) is 18.5. The second kappa shape index (κ2) is 9.57. The van der Waals surface area contributed by atoms with Crippen LogP contribution in [0, 0.1) is 6.92 Å². The lowest BCUT2D eigenvalue weighted by molar-refractivity contribution is -0.113. The Hall–Kier alpha value is -3.78. The van der Waals surface area contributed by atoms with Gasteiger partial charge >= 0.3 is 0 Å². The number of thioether (sulfide) groups is 1. The Kier molecular flexibility index (Phi) is 6.42. The number of carbonyl (C=O) groups excluding carboxylic acids is 1. The molecule has 0 saturated carbocycles. The van der Waals surface area contributed by atoms with E-state index in [4.69, 9.17) is 4.74 Å². The fraction of sp³-hybridized carbons (Fsp3) is 0.125. The number of anilines is 1. The van der Waals surface area contributed by atoms with E-state index in [2.05, 4.69) is 15.5 Å². The molecule has 0 aliphatic carbocycles. The number of phenols is 1. The van der Waals surface area contributed by atoms with E-state index in [-0.39, 0.29) is 17.4 Å². The molecule has 0 aliphatic heterocycles. The molecule has 7 nitrogen and oxygen atoms in total. The molecule has 1 amide bonds. The number of rotatable bonds is 7. The number of nitrogens with one attached hydrogen (secondary N) is 1. The summed E-state index contributed by atoms with van der Waals surface area (Å²) in [6, 6.07) is 22.0. The van der Waals surface area contributed by atoms with Crippen LogP contribution in [-0.2, 0) is 4.79 Å². The molecule has 1 aromatic heterocycles. The molecule has 0 spiro atoms. The van der Waals surface area contributed by atoms with E-state index in [1.807, 2.05) is 60.0 Å². The lowest BCUT2D eigenvalue weighted by Gasteiger charge is -2.11. The number of benzene rings is 3. The minimum atomic E-state index is -0.176. The fourth-order valence-electron chi connectivity index (χ4n) is 3.09. The lowest BCUT2D eigenvalue weighted by Crippen LogP contribution is -2.14. The molecule has 3 aromatic carbocycles. The maximum absolute atomic E-state index is 12.4. The van der Waals surface area contributed by atoms with Crippen LogP contribution in [0.5, 0.6) is 11.5 Å². The highest BCUT2D eigenvalue weighted by Gasteiger charge is 2.17. The first-order valence-corrected chi connectivity index (χ1v) is 10.9. The predicted octanol–water partition coefficient (Wildman–Crippen LogP) is 4.69. The van der Waals surface area contributed by atoms with E-state index in [1.54, 1.807) is 19.2 Å². The first kappa shape index (κ1) is 21.5. The third-order valence-corrected chi connectivity index (χ3v) is 5.69. The average molecular weight is 447 g/mol. The molecule has 162 valence electrons. The lowest BCUT2D eigenvalue weighted by atomic mass is 10.2. The largest absolute Gasteiger partial charge is 0.508 e. The van der Waals surface area contributed by atoms with E-state index in [0.717, 1.165) is 22.6 Å². The van der Waals surface area contributed by atoms with Gasteiger partial charge < -0.3 is 15.2 Å². The molecular formula is C24H22N4O3S. The van der Waals surface area contributed by atoms with Crippen molar-refractivity contribution in [3.63, 3.8) is 0 Å². The molecule has 0 bridgehead atoms. The first-order valence-electron chi connectivity index (χ1n) is 9.92. The first-order chi connectivity index (χ1) is 15.5. The van der Waals surface area contributed by atoms with Crippen molar-refractivity contribution >= 4 is 23.4 Å². The summed E-state index contributed by atoms with van der Waals surface area (Å²) < 4.78 is 7.20. The normalized spacial score (nSPS) is 10.7.